The molecule has 1 aliphatic heterocycles. The molecule has 1 saturated heterocycles. The standard InChI is InChI=1S/C21H32O6.2Ac/c1-10-12(22)8-21(26)11(2)16-19(5,7-6-13-20(16,25)9-27-13)17(24)15(23)14(10)18(21,3)4;;/h11-13,15-16,22-23,25-26H,6-9H2,1-5H3;;/t11-,12?,13?,15?,16?,19+,20?,21?;;/m0../s1. The molecule has 2 bridgehead atoms. The van der Waals surface area contributed by atoms with E-state index in [0.717, 1.165) is 0 Å². The molecule has 3 fully saturated rings. The summed E-state index contributed by atoms with van der Waals surface area (Å²) in [5, 5.41) is 45.1. The van der Waals surface area contributed by atoms with Crippen LogP contribution in [0.25, 0.3) is 0 Å². The van der Waals surface area contributed by atoms with E-state index in [4.69, 9.17) is 4.74 Å². The van der Waals surface area contributed by atoms with Gasteiger partial charge in [-0.15, -0.1) is 0 Å². The van der Waals surface area contributed by atoms with Crippen molar-refractivity contribution in [2.75, 3.05) is 6.61 Å². The molecule has 8 heteroatoms. The van der Waals surface area contributed by atoms with E-state index in [9.17, 15) is 25.2 Å². The average molecular weight is 834 g/mol. The fourth-order valence-corrected chi connectivity index (χ4v) is 7.03. The van der Waals surface area contributed by atoms with E-state index < -0.39 is 46.1 Å². The van der Waals surface area contributed by atoms with E-state index in [-0.39, 0.29) is 113 Å². The van der Waals surface area contributed by atoms with Crippen molar-refractivity contribution in [3.8, 4) is 0 Å². The van der Waals surface area contributed by atoms with Crippen molar-refractivity contribution in [2.24, 2.45) is 22.7 Å². The van der Waals surface area contributed by atoms with E-state index >= 15 is 0 Å². The van der Waals surface area contributed by atoms with Crippen LogP contribution in [0, 0.1) is 111 Å². The summed E-state index contributed by atoms with van der Waals surface area (Å²) in [5.74, 6) is -1.35. The minimum atomic E-state index is -1.40. The molecule has 29 heavy (non-hydrogen) atoms. The summed E-state index contributed by atoms with van der Waals surface area (Å²) in [7, 11) is 0. The van der Waals surface area contributed by atoms with Gasteiger partial charge in [-0.2, -0.15) is 0 Å². The van der Waals surface area contributed by atoms with Crippen LogP contribution in [0.4, 0.5) is 0 Å². The molecule has 2 saturated carbocycles. The maximum Gasteiger partial charge on any atom is 0.171 e. The van der Waals surface area contributed by atoms with Crippen LogP contribution in [0.3, 0.4) is 0 Å². The molecule has 0 aromatic carbocycles. The molecule has 1 heterocycles. The van der Waals surface area contributed by atoms with Gasteiger partial charge >= 0.3 is 0 Å². The second-order valence-electron chi connectivity index (χ2n) is 10.1. The van der Waals surface area contributed by atoms with Crippen LogP contribution < -0.4 is 0 Å². The molecule has 158 valence electrons. The first-order valence-electron chi connectivity index (χ1n) is 10.0. The minimum Gasteiger partial charge on any atom is -0.389 e. The zero-order valence-electron chi connectivity index (χ0n) is 18.0. The second kappa shape index (κ2) is 8.39. The van der Waals surface area contributed by atoms with Gasteiger partial charge in [0.1, 0.15) is 11.7 Å². The molecule has 0 aromatic heterocycles. The number of aliphatic hydroxyl groups excluding tert-OH is 2. The predicted molar refractivity (Wildman–Crippen MR) is 97.8 cm³/mol. The normalized spacial score (nSPS) is 50.7. The largest absolute Gasteiger partial charge is 0.389 e. The van der Waals surface area contributed by atoms with Crippen LogP contribution in [0.2, 0.25) is 0 Å². The Balaban J connectivity index is 0.00000150. The second-order valence-corrected chi connectivity index (χ2v) is 10.1. The fraction of sp³-hybridized carbons (Fsp3) is 0.857. The van der Waals surface area contributed by atoms with E-state index in [1.54, 1.807) is 6.92 Å². The topological polar surface area (TPSA) is 107 Å². The Kier molecular flexibility index (Phi) is 7.91. The van der Waals surface area contributed by atoms with Crippen molar-refractivity contribution < 1.29 is 118 Å². The monoisotopic (exact) mass is 834 g/mol. The Bertz CT molecular complexity index is 739. The molecule has 3 aliphatic carbocycles. The van der Waals surface area contributed by atoms with Gasteiger partial charge in [-0.05, 0) is 36.8 Å². The van der Waals surface area contributed by atoms with E-state index in [1.165, 1.54) is 0 Å². The summed E-state index contributed by atoms with van der Waals surface area (Å²) in [6.45, 7) is 9.21. The SMILES string of the molecule is CC1=C2C(O)C(=O)[C@]3(C)CCC4OCC4(O)C3[C@H](C)C(O)(CC1O)C2(C)C.[Ac].[Ac]. The number of hydrogen-bond donors (Lipinski definition) is 4. The van der Waals surface area contributed by atoms with E-state index in [2.05, 4.69) is 0 Å². The number of ether oxygens (including phenoxy) is 1. The van der Waals surface area contributed by atoms with Crippen molar-refractivity contribution in [1.29, 1.82) is 0 Å². The van der Waals surface area contributed by atoms with Crippen molar-refractivity contribution in [1.82, 2.24) is 0 Å². The van der Waals surface area contributed by atoms with Crippen molar-refractivity contribution in [3.05, 3.63) is 11.1 Å². The molecule has 4 aliphatic rings. The van der Waals surface area contributed by atoms with Gasteiger partial charge in [-0.25, -0.2) is 0 Å². The number of aliphatic hydroxyl groups is 4. The summed E-state index contributed by atoms with van der Waals surface area (Å²) in [5.41, 5.74) is -3.46. The molecule has 4 N–H and O–H groups in total. The summed E-state index contributed by atoms with van der Waals surface area (Å²) in [4.78, 5) is 13.6. The van der Waals surface area contributed by atoms with Gasteiger partial charge in [0.2, 0.25) is 0 Å². The van der Waals surface area contributed by atoms with Crippen LogP contribution in [0.5, 0.6) is 0 Å². The van der Waals surface area contributed by atoms with Crippen molar-refractivity contribution in [2.45, 2.75) is 83.4 Å². The van der Waals surface area contributed by atoms with Gasteiger partial charge in [-0.1, -0.05) is 27.7 Å². The Hall–Kier alpha value is 2.09. The third-order valence-electron chi connectivity index (χ3n) is 8.75. The maximum absolute atomic E-state index is 13.6. The maximum atomic E-state index is 13.6. The third kappa shape index (κ3) is 3.36. The zero-order valence-corrected chi connectivity index (χ0v) is 27.5. The molecule has 6 nitrogen and oxygen atoms in total. The molecule has 0 spiro atoms. The zero-order chi connectivity index (χ0) is 20.2. The van der Waals surface area contributed by atoms with Crippen LogP contribution >= 0.6 is 0 Å². The van der Waals surface area contributed by atoms with Crippen molar-refractivity contribution >= 4 is 5.78 Å². The fourth-order valence-electron chi connectivity index (χ4n) is 7.03. The molecule has 8 atom stereocenters. The molecular formula is C21H32Ac2O6. The number of hydrogen-bond acceptors (Lipinski definition) is 6. The van der Waals surface area contributed by atoms with Crippen LogP contribution in [0.15, 0.2) is 11.1 Å². The van der Waals surface area contributed by atoms with Crippen LogP contribution in [0.1, 0.15) is 53.9 Å². The number of Topliss-reactive ketones (excluding diaryl/α,β-unsaturated/α-hetero) is 1. The molecule has 4 rings (SSSR count). The third-order valence-corrected chi connectivity index (χ3v) is 8.75. The van der Waals surface area contributed by atoms with Gasteiger partial charge in [-0.3, -0.25) is 4.79 Å². The van der Waals surface area contributed by atoms with Gasteiger partial charge in [0.25, 0.3) is 0 Å². The summed E-state index contributed by atoms with van der Waals surface area (Å²) in [6.07, 6.45) is -1.51. The number of carbonyl (C=O) groups is 1. The first-order valence-corrected chi connectivity index (χ1v) is 10.0. The average Bonchev–Trinajstić information content (AvgIpc) is 2.56. The van der Waals surface area contributed by atoms with E-state index in [1.807, 2.05) is 27.7 Å². The smallest absolute Gasteiger partial charge is 0.171 e. The Morgan fingerprint density at radius 1 is 1.10 bits per heavy atom. The molecule has 2 radical (unpaired) electrons. The van der Waals surface area contributed by atoms with E-state index in [0.29, 0.717) is 24.0 Å². The molecule has 6 unspecified atom stereocenters. The predicted octanol–water partition coefficient (Wildman–Crippen LogP) is 0.951. The quantitative estimate of drug-likeness (QED) is 0.272. The van der Waals surface area contributed by atoms with Crippen LogP contribution in [-0.4, -0.2) is 62.3 Å². The Morgan fingerprint density at radius 2 is 1.69 bits per heavy atom. The number of ketones is 1. The summed E-state index contributed by atoms with van der Waals surface area (Å²) >= 11 is 0. The molecule has 0 amide bonds. The summed E-state index contributed by atoms with van der Waals surface area (Å²) < 4.78 is 5.58. The van der Waals surface area contributed by atoms with Crippen LogP contribution in [-0.2, 0) is 9.53 Å². The first kappa shape index (κ1) is 27.3. The summed E-state index contributed by atoms with van der Waals surface area (Å²) in [6, 6.07) is 0. The number of rotatable bonds is 0. The van der Waals surface area contributed by atoms with Gasteiger partial charge in [0.05, 0.1) is 24.4 Å². The van der Waals surface area contributed by atoms with Gasteiger partial charge < -0.3 is 25.2 Å². The van der Waals surface area contributed by atoms with Gasteiger partial charge in [0, 0.05) is 111 Å². The Labute approximate surface area is 244 Å². The van der Waals surface area contributed by atoms with Crippen molar-refractivity contribution in [3.63, 3.8) is 0 Å². The molecular weight excluding hydrogens is 802 g/mol. The van der Waals surface area contributed by atoms with Gasteiger partial charge in [0.15, 0.2) is 5.78 Å². The Morgan fingerprint density at radius 3 is 2.21 bits per heavy atom. The molecule has 0 aromatic rings. The number of fused-ring (bicyclic) bond motifs is 5. The first-order chi connectivity index (χ1) is 12.3. The minimum absolute atomic E-state index is 0. The number of carbonyl (C=O) groups excluding carboxylic acids is 1.